The Morgan fingerprint density at radius 2 is 1.60 bits per heavy atom. The minimum atomic E-state index is -5.58. The number of ether oxygens (including phenoxy) is 1. The summed E-state index contributed by atoms with van der Waals surface area (Å²) in [6.45, 7) is 6.88. The van der Waals surface area contributed by atoms with Crippen molar-refractivity contribution >= 4 is 75.1 Å². The SMILES string of the molecule is C=CC(O)CC(=O)O.C=C[C@@H](O)CC(=O)SCCNC(=O)CCNC(=O)C(O)C(C)(C)COP(=O)(O)OP(=O)(O)OC[C@H]1O[C@@H](n2cnc3c(N)ncnc32)[C@H](O)[C@@H]1OP(=O)(O)O. The number of phosphoric ester groups is 3. The van der Waals surface area contributed by atoms with E-state index in [-0.39, 0.29) is 60.2 Å². The van der Waals surface area contributed by atoms with Gasteiger partial charge in [-0.25, -0.2) is 28.6 Å². The number of nitrogen functional groups attached to an aromatic ring is 1. The van der Waals surface area contributed by atoms with Crippen LogP contribution < -0.4 is 16.4 Å². The third-order valence-electron chi connectivity index (χ3n) is 8.07. The summed E-state index contributed by atoms with van der Waals surface area (Å²) in [4.78, 5) is 96.8. The fraction of sp³-hybridized carbons (Fsp3) is 0.581. The van der Waals surface area contributed by atoms with Crippen LogP contribution in [0.25, 0.3) is 11.2 Å². The Bertz CT molecular complexity index is 2060. The first-order chi connectivity index (χ1) is 29.1. The first-order valence-corrected chi connectivity index (χ1v) is 23.5. The number of phosphoric acid groups is 3. The molecule has 0 saturated carbocycles. The van der Waals surface area contributed by atoms with Crippen molar-refractivity contribution in [3.63, 3.8) is 0 Å². The van der Waals surface area contributed by atoms with E-state index in [1.807, 2.05) is 0 Å². The topological polar surface area (TPSA) is 441 Å². The highest BCUT2D eigenvalue weighted by Crippen LogP contribution is 2.61. The number of imidazole rings is 1. The number of aliphatic carboxylic acids is 1. The van der Waals surface area contributed by atoms with E-state index < -0.39 is 103 Å². The molecular weight excluding hydrogens is 931 g/mol. The van der Waals surface area contributed by atoms with E-state index in [9.17, 15) is 67.8 Å². The summed E-state index contributed by atoms with van der Waals surface area (Å²) in [7, 11) is -16.4. The number of aliphatic hydroxyl groups is 4. The highest BCUT2D eigenvalue weighted by molar-refractivity contribution is 8.13. The Kier molecular flexibility index (Phi) is 21.7. The summed E-state index contributed by atoms with van der Waals surface area (Å²) in [6.07, 6.45) is -6.86. The van der Waals surface area contributed by atoms with Gasteiger partial charge < -0.3 is 66.2 Å². The summed E-state index contributed by atoms with van der Waals surface area (Å²) in [5.41, 5.74) is 4.22. The van der Waals surface area contributed by atoms with Crippen molar-refractivity contribution in [2.24, 2.45) is 5.41 Å². The van der Waals surface area contributed by atoms with E-state index in [4.69, 9.17) is 29.7 Å². The summed E-state index contributed by atoms with van der Waals surface area (Å²) in [6, 6.07) is 0. The number of fused-ring (bicyclic) bond motifs is 1. The molecule has 1 aliphatic heterocycles. The van der Waals surface area contributed by atoms with Crippen molar-refractivity contribution in [3.8, 4) is 0 Å². The molecule has 0 spiro atoms. The normalized spacial score (nSPS) is 21.1. The molecule has 0 aliphatic carbocycles. The van der Waals surface area contributed by atoms with Gasteiger partial charge in [-0.1, -0.05) is 37.8 Å². The van der Waals surface area contributed by atoms with Crippen molar-refractivity contribution in [1.29, 1.82) is 0 Å². The van der Waals surface area contributed by atoms with Gasteiger partial charge in [-0.2, -0.15) is 4.31 Å². The molecule has 1 fully saturated rings. The quantitative estimate of drug-likeness (QED) is 0.0309. The van der Waals surface area contributed by atoms with Crippen LogP contribution in [0.5, 0.6) is 0 Å². The molecule has 3 heterocycles. The number of thioether (sulfide) groups is 1. The number of nitrogens with two attached hydrogens (primary N) is 1. The van der Waals surface area contributed by atoms with Crippen molar-refractivity contribution in [1.82, 2.24) is 30.2 Å². The Labute approximate surface area is 362 Å². The maximum absolute atomic E-state index is 12.7. The van der Waals surface area contributed by atoms with Crippen LogP contribution >= 0.6 is 35.2 Å². The Balaban J connectivity index is 0.00000155. The average molecular weight is 982 g/mol. The second-order valence-corrected chi connectivity index (χ2v) is 19.1. The van der Waals surface area contributed by atoms with Crippen LogP contribution in [0, 0.1) is 5.41 Å². The van der Waals surface area contributed by atoms with Gasteiger partial charge in [0.05, 0.1) is 38.2 Å². The molecule has 356 valence electrons. The van der Waals surface area contributed by atoms with Crippen LogP contribution in [0.4, 0.5) is 5.82 Å². The van der Waals surface area contributed by atoms with Gasteiger partial charge in [-0.15, -0.1) is 13.2 Å². The predicted octanol–water partition coefficient (Wildman–Crippen LogP) is -1.39. The number of carbonyl (C=O) groups is 4. The van der Waals surface area contributed by atoms with Crippen molar-refractivity contribution in [3.05, 3.63) is 38.0 Å². The number of rotatable bonds is 25. The number of nitrogens with one attached hydrogen (secondary N) is 2. The van der Waals surface area contributed by atoms with Gasteiger partial charge in [0, 0.05) is 37.1 Å². The number of anilines is 1. The predicted molar refractivity (Wildman–Crippen MR) is 216 cm³/mol. The molecule has 1 aliphatic rings. The monoisotopic (exact) mass is 981 g/mol. The average Bonchev–Trinajstić information content (AvgIpc) is 3.74. The molecule has 4 unspecified atom stereocenters. The van der Waals surface area contributed by atoms with Crippen molar-refractivity contribution < 1.29 is 101 Å². The smallest absolute Gasteiger partial charge is 0.481 e. The molecule has 0 aromatic carbocycles. The van der Waals surface area contributed by atoms with Crippen molar-refractivity contribution in [2.45, 2.75) is 76.0 Å². The number of carboxylic acids is 1. The Hall–Kier alpha value is -3.57. The lowest BCUT2D eigenvalue weighted by molar-refractivity contribution is -0.139. The first-order valence-electron chi connectivity index (χ1n) is 18.0. The molecule has 0 radical (unpaired) electrons. The number of amides is 2. The number of aromatic nitrogens is 4. The van der Waals surface area contributed by atoms with Gasteiger partial charge in [-0.05, 0) is 0 Å². The Morgan fingerprint density at radius 1 is 0.984 bits per heavy atom. The summed E-state index contributed by atoms with van der Waals surface area (Å²) in [5, 5.41) is 51.8. The molecule has 9 atom stereocenters. The van der Waals surface area contributed by atoms with Gasteiger partial charge in [-0.3, -0.25) is 37.3 Å². The molecule has 13 N–H and O–H groups in total. The zero-order chi connectivity index (χ0) is 47.9. The van der Waals surface area contributed by atoms with Crippen LogP contribution in [0.2, 0.25) is 0 Å². The number of carbonyl (C=O) groups excluding carboxylic acids is 3. The minimum Gasteiger partial charge on any atom is -0.481 e. The third kappa shape index (κ3) is 19.2. The maximum Gasteiger partial charge on any atom is 0.481 e. The van der Waals surface area contributed by atoms with E-state index in [1.54, 1.807) is 0 Å². The lowest BCUT2D eigenvalue weighted by atomic mass is 9.87. The molecule has 2 aromatic rings. The molecule has 0 bridgehead atoms. The molecule has 3 rings (SSSR count). The van der Waals surface area contributed by atoms with Crippen LogP contribution in [0.3, 0.4) is 0 Å². The van der Waals surface area contributed by atoms with Gasteiger partial charge >= 0.3 is 29.4 Å². The fourth-order valence-electron chi connectivity index (χ4n) is 4.87. The van der Waals surface area contributed by atoms with Crippen LogP contribution in [-0.4, -0.2) is 156 Å². The van der Waals surface area contributed by atoms with E-state index in [2.05, 4.69) is 47.6 Å². The van der Waals surface area contributed by atoms with Gasteiger partial charge in [0.2, 0.25) is 11.8 Å². The van der Waals surface area contributed by atoms with Crippen LogP contribution in [0.15, 0.2) is 38.0 Å². The van der Waals surface area contributed by atoms with E-state index in [0.29, 0.717) is 0 Å². The zero-order valence-electron chi connectivity index (χ0n) is 33.5. The third-order valence-corrected chi connectivity index (χ3v) is 12.1. The highest BCUT2D eigenvalue weighted by atomic mass is 32.2. The summed E-state index contributed by atoms with van der Waals surface area (Å²) in [5.74, 6) is -2.32. The standard InChI is InChI=1S/C26H42N7O18P3S.C5H8O3/c1-4-14(34)9-17(36)55-8-7-28-16(35)5-6-29-24(39)21(38)26(2,3)11-48-54(45,46)51-53(43,44)47-10-15-20(50-52(40,41)42)19(37)25(49-15)33-13-32-18-22(27)30-12-31-23(18)33;1-2-4(6)3-5(7)8/h4,12-15,19-21,25,34,37-38H,1,5-11H2,2-3H3,(H,28,35)(H,29,39)(H,43,44)(H,45,46)(H2,27,30,31)(H2,40,41,42);2,4,6H,1,3H2,(H,7,8)/t14-,15-,19-,20-,21?,25-;/m1./s1. The number of carboxylic acid groups (broad SMARTS) is 1. The fourth-order valence-corrected chi connectivity index (χ4v) is 8.42. The van der Waals surface area contributed by atoms with Crippen LogP contribution in [0.1, 0.15) is 39.3 Å². The molecule has 63 heavy (non-hydrogen) atoms. The van der Waals surface area contributed by atoms with E-state index in [0.717, 1.165) is 29.0 Å². The molecule has 28 nitrogen and oxygen atoms in total. The summed E-state index contributed by atoms with van der Waals surface area (Å²) >= 11 is 0.906. The summed E-state index contributed by atoms with van der Waals surface area (Å²) < 4.78 is 61.9. The molecular formula is C31H50N7O21P3S. The first kappa shape index (κ1) is 55.6. The zero-order valence-corrected chi connectivity index (χ0v) is 37.0. The van der Waals surface area contributed by atoms with Crippen molar-refractivity contribution in [2.75, 3.05) is 37.8 Å². The van der Waals surface area contributed by atoms with Gasteiger partial charge in [0.25, 0.3) is 0 Å². The number of nitrogens with zero attached hydrogens (tertiary/aromatic N) is 4. The number of hydrogen-bond acceptors (Lipinski definition) is 21. The lowest BCUT2D eigenvalue weighted by Crippen LogP contribution is -2.46. The van der Waals surface area contributed by atoms with Gasteiger partial charge in [0.15, 0.2) is 22.8 Å². The second kappa shape index (κ2) is 24.6. The molecule has 32 heteroatoms. The molecule has 1 saturated heterocycles. The molecule has 2 amide bonds. The maximum atomic E-state index is 12.7. The second-order valence-electron chi connectivity index (χ2n) is 13.7. The number of aliphatic hydroxyl groups excluding tert-OH is 4. The largest absolute Gasteiger partial charge is 0.481 e. The minimum absolute atomic E-state index is 0.0242. The highest BCUT2D eigenvalue weighted by Gasteiger charge is 2.50. The van der Waals surface area contributed by atoms with E-state index in [1.165, 1.54) is 26.0 Å². The number of hydrogen-bond donors (Lipinski definition) is 12. The van der Waals surface area contributed by atoms with E-state index >= 15 is 0 Å². The Morgan fingerprint density at radius 3 is 2.19 bits per heavy atom. The lowest BCUT2D eigenvalue weighted by Gasteiger charge is -2.30. The van der Waals surface area contributed by atoms with Gasteiger partial charge in [0.1, 0.15) is 36.3 Å². The molecule has 2 aromatic heterocycles. The van der Waals surface area contributed by atoms with Crippen LogP contribution in [-0.2, 0) is 55.5 Å².